The summed E-state index contributed by atoms with van der Waals surface area (Å²) in [5.74, 6) is 2.38. The number of aromatic nitrogens is 4. The molecule has 0 radical (unpaired) electrons. The molecule has 120 valence electrons. The van der Waals surface area contributed by atoms with E-state index in [1.165, 1.54) is 0 Å². The highest BCUT2D eigenvalue weighted by Crippen LogP contribution is 2.33. The van der Waals surface area contributed by atoms with Gasteiger partial charge in [0.05, 0.1) is 18.7 Å². The lowest BCUT2D eigenvalue weighted by atomic mass is 10.2. The van der Waals surface area contributed by atoms with Crippen molar-refractivity contribution >= 4 is 0 Å². The molecule has 0 bridgehead atoms. The standard InChI is InChI=1S/C15H23N5O2/c1-10(2)20-6-5-16-14(20)9-19-8-12(21-4)7-13(19)15-17-11(3)18-22-15/h5-6,10,12-13H,7-9H2,1-4H3/t12-,13+/m0/s1. The van der Waals surface area contributed by atoms with Crippen LogP contribution in [0.15, 0.2) is 16.9 Å². The Hall–Kier alpha value is -1.73. The molecule has 22 heavy (non-hydrogen) atoms. The summed E-state index contributed by atoms with van der Waals surface area (Å²) in [6.07, 6.45) is 4.92. The van der Waals surface area contributed by atoms with E-state index in [-0.39, 0.29) is 12.1 Å². The maximum atomic E-state index is 5.54. The van der Waals surface area contributed by atoms with Gasteiger partial charge >= 0.3 is 0 Å². The van der Waals surface area contributed by atoms with E-state index in [4.69, 9.17) is 9.26 Å². The molecule has 1 aliphatic heterocycles. The Morgan fingerprint density at radius 1 is 1.45 bits per heavy atom. The van der Waals surface area contributed by atoms with Gasteiger partial charge in [-0.3, -0.25) is 4.90 Å². The molecule has 0 aromatic carbocycles. The minimum absolute atomic E-state index is 0.0865. The smallest absolute Gasteiger partial charge is 0.244 e. The largest absolute Gasteiger partial charge is 0.380 e. The predicted molar refractivity (Wildman–Crippen MR) is 80.2 cm³/mol. The lowest BCUT2D eigenvalue weighted by Gasteiger charge is -2.22. The van der Waals surface area contributed by atoms with Crippen LogP contribution in [0, 0.1) is 6.92 Å². The molecule has 0 aliphatic carbocycles. The van der Waals surface area contributed by atoms with Gasteiger partial charge in [-0.2, -0.15) is 4.98 Å². The summed E-state index contributed by atoms with van der Waals surface area (Å²) < 4.78 is 13.1. The van der Waals surface area contributed by atoms with Crippen LogP contribution in [0.5, 0.6) is 0 Å². The number of nitrogens with zero attached hydrogens (tertiary/aromatic N) is 5. The van der Waals surface area contributed by atoms with Gasteiger partial charge in [0.2, 0.25) is 5.89 Å². The Bertz CT molecular complexity index is 621. The SMILES string of the molecule is CO[C@H]1C[C@H](c2nc(C)no2)N(Cc2nccn2C(C)C)C1. The zero-order chi connectivity index (χ0) is 15.7. The first-order valence-corrected chi connectivity index (χ1v) is 7.67. The van der Waals surface area contributed by atoms with Crippen molar-refractivity contribution in [2.45, 2.75) is 51.9 Å². The monoisotopic (exact) mass is 305 g/mol. The van der Waals surface area contributed by atoms with Crippen LogP contribution in [-0.2, 0) is 11.3 Å². The van der Waals surface area contributed by atoms with Crippen molar-refractivity contribution in [3.63, 3.8) is 0 Å². The summed E-state index contributed by atoms with van der Waals surface area (Å²) in [7, 11) is 1.75. The highest BCUT2D eigenvalue weighted by molar-refractivity contribution is 5.02. The van der Waals surface area contributed by atoms with Crippen molar-refractivity contribution in [3.8, 4) is 0 Å². The first kappa shape index (κ1) is 15.2. The molecule has 2 aromatic rings. The number of rotatable bonds is 5. The second kappa shape index (κ2) is 6.18. The van der Waals surface area contributed by atoms with Gasteiger partial charge in [-0.1, -0.05) is 5.16 Å². The van der Waals surface area contributed by atoms with Crippen molar-refractivity contribution in [1.29, 1.82) is 0 Å². The number of hydrogen-bond acceptors (Lipinski definition) is 6. The van der Waals surface area contributed by atoms with Gasteiger partial charge in [0.15, 0.2) is 5.82 Å². The van der Waals surface area contributed by atoms with Crippen LogP contribution in [0.25, 0.3) is 0 Å². The first-order valence-electron chi connectivity index (χ1n) is 7.67. The normalized spacial score (nSPS) is 22.8. The van der Waals surface area contributed by atoms with Gasteiger partial charge in [0, 0.05) is 32.1 Å². The highest BCUT2D eigenvalue weighted by atomic mass is 16.5. The van der Waals surface area contributed by atoms with Gasteiger partial charge in [-0.05, 0) is 27.2 Å². The quantitative estimate of drug-likeness (QED) is 0.843. The van der Waals surface area contributed by atoms with E-state index in [1.807, 2.05) is 19.3 Å². The molecule has 3 heterocycles. The fourth-order valence-corrected chi connectivity index (χ4v) is 3.03. The van der Waals surface area contributed by atoms with Crippen LogP contribution in [0.4, 0.5) is 0 Å². The van der Waals surface area contributed by atoms with Crippen LogP contribution in [0.1, 0.15) is 49.9 Å². The maximum absolute atomic E-state index is 5.54. The maximum Gasteiger partial charge on any atom is 0.244 e. The average Bonchev–Trinajstić information content (AvgIpc) is 3.18. The molecule has 0 amide bonds. The van der Waals surface area contributed by atoms with Crippen molar-refractivity contribution in [1.82, 2.24) is 24.6 Å². The number of ether oxygens (including phenoxy) is 1. The van der Waals surface area contributed by atoms with Crippen LogP contribution in [-0.4, -0.2) is 44.4 Å². The van der Waals surface area contributed by atoms with Crippen molar-refractivity contribution < 1.29 is 9.26 Å². The molecule has 2 aromatic heterocycles. The van der Waals surface area contributed by atoms with Crippen molar-refractivity contribution in [2.24, 2.45) is 0 Å². The Labute approximate surface area is 130 Å². The van der Waals surface area contributed by atoms with E-state index in [9.17, 15) is 0 Å². The number of hydrogen-bond donors (Lipinski definition) is 0. The number of likely N-dealkylation sites (tertiary alicyclic amines) is 1. The Kier molecular flexibility index (Phi) is 4.26. The molecule has 7 heteroatoms. The topological polar surface area (TPSA) is 69.2 Å². The van der Waals surface area contributed by atoms with Gasteiger partial charge in [-0.25, -0.2) is 4.98 Å². The Morgan fingerprint density at radius 2 is 2.27 bits per heavy atom. The molecule has 2 atom stereocenters. The molecule has 0 unspecified atom stereocenters. The highest BCUT2D eigenvalue weighted by Gasteiger charge is 2.37. The fourth-order valence-electron chi connectivity index (χ4n) is 3.03. The Balaban J connectivity index is 1.81. The lowest BCUT2D eigenvalue weighted by molar-refractivity contribution is 0.106. The van der Waals surface area contributed by atoms with Crippen molar-refractivity contribution in [3.05, 3.63) is 29.9 Å². The third-order valence-electron chi connectivity index (χ3n) is 4.18. The predicted octanol–water partition coefficient (Wildman–Crippen LogP) is 2.12. The van der Waals surface area contributed by atoms with E-state index < -0.39 is 0 Å². The third-order valence-corrected chi connectivity index (χ3v) is 4.18. The summed E-state index contributed by atoms with van der Waals surface area (Å²) in [6.45, 7) is 7.74. The van der Waals surface area contributed by atoms with Gasteiger partial charge in [0.1, 0.15) is 5.82 Å². The zero-order valence-electron chi connectivity index (χ0n) is 13.6. The Morgan fingerprint density at radius 3 is 2.91 bits per heavy atom. The fraction of sp³-hybridized carbons (Fsp3) is 0.667. The lowest BCUT2D eigenvalue weighted by Crippen LogP contribution is -2.27. The molecule has 0 saturated carbocycles. The molecule has 0 N–H and O–H groups in total. The molecule has 7 nitrogen and oxygen atoms in total. The van der Waals surface area contributed by atoms with Gasteiger partial charge in [-0.15, -0.1) is 0 Å². The molecular formula is C15H23N5O2. The van der Waals surface area contributed by atoms with E-state index in [0.29, 0.717) is 17.8 Å². The third kappa shape index (κ3) is 2.91. The summed E-state index contributed by atoms with van der Waals surface area (Å²) in [6, 6.07) is 0.478. The van der Waals surface area contributed by atoms with E-state index in [1.54, 1.807) is 7.11 Å². The number of imidazole rings is 1. The minimum atomic E-state index is 0.0865. The molecule has 1 fully saturated rings. The second-order valence-electron chi connectivity index (χ2n) is 6.06. The van der Waals surface area contributed by atoms with Crippen LogP contribution in [0.3, 0.4) is 0 Å². The van der Waals surface area contributed by atoms with E-state index in [2.05, 4.69) is 38.4 Å². The summed E-state index contributed by atoms with van der Waals surface area (Å²) in [4.78, 5) is 11.2. The zero-order valence-corrected chi connectivity index (χ0v) is 13.6. The molecule has 3 rings (SSSR count). The number of aryl methyl sites for hydroxylation is 1. The van der Waals surface area contributed by atoms with E-state index in [0.717, 1.165) is 25.3 Å². The van der Waals surface area contributed by atoms with Crippen LogP contribution < -0.4 is 0 Å². The summed E-state index contributed by atoms with van der Waals surface area (Å²) >= 11 is 0. The number of methoxy groups -OCH3 is 1. The van der Waals surface area contributed by atoms with Gasteiger partial charge < -0.3 is 13.8 Å². The first-order chi connectivity index (χ1) is 10.6. The van der Waals surface area contributed by atoms with Crippen molar-refractivity contribution in [2.75, 3.05) is 13.7 Å². The molecule has 0 spiro atoms. The summed E-state index contributed by atoms with van der Waals surface area (Å²) in [5, 5.41) is 3.91. The van der Waals surface area contributed by atoms with Gasteiger partial charge in [0.25, 0.3) is 0 Å². The minimum Gasteiger partial charge on any atom is -0.380 e. The second-order valence-corrected chi connectivity index (χ2v) is 6.06. The summed E-state index contributed by atoms with van der Waals surface area (Å²) in [5.41, 5.74) is 0. The molecular weight excluding hydrogens is 282 g/mol. The van der Waals surface area contributed by atoms with Crippen LogP contribution in [0.2, 0.25) is 0 Å². The molecule has 1 aliphatic rings. The van der Waals surface area contributed by atoms with E-state index >= 15 is 0 Å². The molecule has 1 saturated heterocycles. The van der Waals surface area contributed by atoms with Crippen LogP contribution >= 0.6 is 0 Å². The average molecular weight is 305 g/mol.